The van der Waals surface area contributed by atoms with E-state index in [4.69, 9.17) is 23.3 Å². The smallest absolute Gasteiger partial charge is 0.459 e. The van der Waals surface area contributed by atoms with Crippen LogP contribution in [-0.2, 0) is 33.8 Å². The summed E-state index contributed by atoms with van der Waals surface area (Å²) >= 11 is 0. The van der Waals surface area contributed by atoms with Crippen molar-refractivity contribution in [3.8, 4) is 11.8 Å². The number of hydrogen-bond donors (Lipinski definition) is 3. The van der Waals surface area contributed by atoms with Crippen LogP contribution >= 0.6 is 7.75 Å². The van der Waals surface area contributed by atoms with Gasteiger partial charge in [0.1, 0.15) is 24.5 Å². The lowest BCUT2D eigenvalue weighted by molar-refractivity contribution is -0.281. The number of aromatic nitrogens is 2. The SMILES string of the molecule is C[C@H](N[P@](=O)(OC[C@@]1(F)O[C@@](C#N)(n2ccc(=O)[nH]c2=O)[C@@H]2OC(C)(C)O[C@@H]21)Oc1ccccc1)C(=O)O. The lowest BCUT2D eigenvalue weighted by Gasteiger charge is -2.32. The minimum atomic E-state index is -4.60. The highest BCUT2D eigenvalue weighted by atomic mass is 31.2. The monoisotopic (exact) mass is 554 g/mol. The standard InChI is InChI=1S/C22H24FN4O10P/c1-13(18(29)30)26-38(32,36-14-7-5-4-6-8-14)33-12-21(23)16-17(35-20(2,3)34-16)22(11-24,37-21)27-10-9-15(28)25-19(27)31/h4-10,13,16-17H,12H2,1-3H3,(H,26,32)(H,29,30)(H,25,28,31)/t13-,16-,17+,21+,22+,38-/m0/s1. The summed E-state index contributed by atoms with van der Waals surface area (Å²) in [7, 11) is -4.60. The van der Waals surface area contributed by atoms with Crippen molar-refractivity contribution >= 4 is 13.7 Å². The third kappa shape index (κ3) is 5.14. The number of nitriles is 1. The molecule has 38 heavy (non-hydrogen) atoms. The van der Waals surface area contributed by atoms with Crippen molar-refractivity contribution in [2.75, 3.05) is 6.61 Å². The first kappa shape index (κ1) is 27.6. The van der Waals surface area contributed by atoms with E-state index in [9.17, 15) is 29.3 Å². The zero-order valence-electron chi connectivity index (χ0n) is 20.3. The van der Waals surface area contributed by atoms with E-state index in [1.807, 2.05) is 4.98 Å². The summed E-state index contributed by atoms with van der Waals surface area (Å²) < 4.78 is 58.3. The second-order valence-electron chi connectivity index (χ2n) is 9.02. The van der Waals surface area contributed by atoms with E-state index in [0.29, 0.717) is 4.57 Å². The molecular formula is C22H24FN4O10P. The predicted octanol–water partition coefficient (Wildman–Crippen LogP) is 1.20. The van der Waals surface area contributed by atoms with Crippen LogP contribution in [0.25, 0.3) is 0 Å². The maximum Gasteiger partial charge on any atom is 0.459 e. The minimum Gasteiger partial charge on any atom is -0.480 e. The van der Waals surface area contributed by atoms with Crippen LogP contribution in [0.2, 0.25) is 0 Å². The Bertz CT molecular complexity index is 1430. The lowest BCUT2D eigenvalue weighted by atomic mass is 10.0. The average molecular weight is 554 g/mol. The molecule has 2 saturated heterocycles. The molecule has 16 heteroatoms. The zero-order valence-corrected chi connectivity index (χ0v) is 21.2. The molecule has 0 aliphatic carbocycles. The van der Waals surface area contributed by atoms with Gasteiger partial charge in [0.15, 0.2) is 18.0 Å². The number of carbonyl (C=O) groups is 1. The number of benzene rings is 1. The Morgan fingerprint density at radius 3 is 2.55 bits per heavy atom. The van der Waals surface area contributed by atoms with E-state index in [0.717, 1.165) is 12.3 Å². The van der Waals surface area contributed by atoms with Gasteiger partial charge in [-0.2, -0.15) is 10.3 Å². The molecule has 204 valence electrons. The van der Waals surface area contributed by atoms with Crippen LogP contribution < -0.4 is 20.9 Å². The number of carboxylic acid groups (broad SMARTS) is 1. The fraction of sp³-hybridized carbons (Fsp3) is 0.455. The maximum atomic E-state index is 16.5. The van der Waals surface area contributed by atoms with Crippen LogP contribution in [0.4, 0.5) is 4.39 Å². The first-order valence-electron chi connectivity index (χ1n) is 11.2. The molecule has 0 saturated carbocycles. The summed E-state index contributed by atoms with van der Waals surface area (Å²) in [6, 6.07) is 8.78. The number of ether oxygens (including phenoxy) is 3. The molecule has 0 spiro atoms. The van der Waals surface area contributed by atoms with Gasteiger partial charge in [-0.15, -0.1) is 0 Å². The van der Waals surface area contributed by atoms with E-state index in [1.165, 1.54) is 32.9 Å². The fourth-order valence-corrected chi connectivity index (χ4v) is 5.54. The summed E-state index contributed by atoms with van der Waals surface area (Å²) in [4.78, 5) is 37.5. The second kappa shape index (κ2) is 9.73. The van der Waals surface area contributed by atoms with Gasteiger partial charge in [0, 0.05) is 12.3 Å². The molecule has 0 bridgehead atoms. The Hall–Kier alpha value is -3.38. The first-order chi connectivity index (χ1) is 17.7. The molecule has 2 aliphatic heterocycles. The molecule has 3 heterocycles. The van der Waals surface area contributed by atoms with Crippen LogP contribution in [0.15, 0.2) is 52.2 Å². The number of halogens is 1. The largest absolute Gasteiger partial charge is 0.480 e. The Balaban J connectivity index is 1.70. The molecule has 1 aromatic carbocycles. The summed E-state index contributed by atoms with van der Waals surface area (Å²) in [5, 5.41) is 21.6. The number of alkyl halides is 1. The molecule has 0 radical (unpaired) electrons. The Kier molecular flexibility index (Phi) is 7.08. The van der Waals surface area contributed by atoms with Crippen molar-refractivity contribution in [3.63, 3.8) is 0 Å². The summed E-state index contributed by atoms with van der Waals surface area (Å²) in [5.74, 6) is -5.90. The van der Waals surface area contributed by atoms with E-state index >= 15 is 4.39 Å². The average Bonchev–Trinajstić information content (AvgIpc) is 3.29. The number of rotatable bonds is 9. The van der Waals surface area contributed by atoms with Crippen molar-refractivity contribution in [2.24, 2.45) is 0 Å². The summed E-state index contributed by atoms with van der Waals surface area (Å²) in [5.41, 5.74) is -4.35. The van der Waals surface area contributed by atoms with Crippen LogP contribution in [0, 0.1) is 11.3 Å². The van der Waals surface area contributed by atoms with Gasteiger partial charge < -0.3 is 19.1 Å². The van der Waals surface area contributed by atoms with Crippen LogP contribution in [0.5, 0.6) is 5.75 Å². The highest BCUT2D eigenvalue weighted by molar-refractivity contribution is 7.52. The maximum absolute atomic E-state index is 16.5. The number of aromatic amines is 1. The topological polar surface area (TPSA) is 191 Å². The van der Waals surface area contributed by atoms with Gasteiger partial charge in [-0.3, -0.25) is 28.4 Å². The fourth-order valence-electron chi connectivity index (χ4n) is 4.03. The molecule has 2 aliphatic rings. The minimum absolute atomic E-state index is 0.0202. The van der Waals surface area contributed by atoms with Crippen molar-refractivity contribution < 1.29 is 42.1 Å². The predicted molar refractivity (Wildman–Crippen MR) is 125 cm³/mol. The van der Waals surface area contributed by atoms with E-state index in [2.05, 4.69) is 5.09 Å². The van der Waals surface area contributed by atoms with Crippen molar-refractivity contribution in [2.45, 2.75) is 56.4 Å². The van der Waals surface area contributed by atoms with Crippen LogP contribution in [0.3, 0.4) is 0 Å². The quantitative estimate of drug-likeness (QED) is 0.376. The number of nitrogens with one attached hydrogen (secondary N) is 2. The van der Waals surface area contributed by atoms with Crippen molar-refractivity contribution in [3.05, 3.63) is 63.4 Å². The molecule has 0 amide bonds. The number of aliphatic carboxylic acids is 1. The molecule has 1 aromatic heterocycles. The van der Waals surface area contributed by atoms with Gasteiger partial charge in [0.2, 0.25) is 0 Å². The number of hydrogen-bond acceptors (Lipinski definition) is 10. The number of nitrogens with zero attached hydrogens (tertiary/aromatic N) is 2. The van der Waals surface area contributed by atoms with Crippen LogP contribution in [0.1, 0.15) is 20.8 Å². The summed E-state index contributed by atoms with van der Waals surface area (Å²) in [6.07, 6.45) is -2.32. The van der Waals surface area contributed by atoms with E-state index in [-0.39, 0.29) is 5.75 Å². The van der Waals surface area contributed by atoms with Gasteiger partial charge in [-0.1, -0.05) is 18.2 Å². The highest BCUT2D eigenvalue weighted by Crippen LogP contribution is 2.54. The molecule has 6 atom stereocenters. The van der Waals surface area contributed by atoms with Gasteiger partial charge in [-0.05, 0) is 32.9 Å². The Labute approximate surface area is 214 Å². The lowest BCUT2D eigenvalue weighted by Crippen LogP contribution is -2.51. The second-order valence-corrected chi connectivity index (χ2v) is 10.7. The van der Waals surface area contributed by atoms with Gasteiger partial charge in [-0.25, -0.2) is 13.8 Å². The first-order valence-corrected chi connectivity index (χ1v) is 12.8. The van der Waals surface area contributed by atoms with E-state index in [1.54, 1.807) is 24.3 Å². The molecule has 14 nitrogen and oxygen atoms in total. The number of fused-ring (bicyclic) bond motifs is 1. The number of H-pyrrole nitrogens is 1. The van der Waals surface area contributed by atoms with E-state index < -0.39 is 67.2 Å². The molecule has 3 N–H and O–H groups in total. The number of para-hydroxylation sites is 1. The summed E-state index contributed by atoms with van der Waals surface area (Å²) in [6.45, 7) is 2.83. The Morgan fingerprint density at radius 1 is 1.29 bits per heavy atom. The van der Waals surface area contributed by atoms with Gasteiger partial charge in [0.05, 0.1) is 0 Å². The normalized spacial score (nSPS) is 30.1. The molecule has 4 rings (SSSR count). The van der Waals surface area contributed by atoms with Gasteiger partial charge >= 0.3 is 19.4 Å². The van der Waals surface area contributed by atoms with Crippen molar-refractivity contribution in [1.82, 2.24) is 14.6 Å². The third-order valence-corrected chi connectivity index (χ3v) is 7.32. The molecule has 0 unspecified atom stereocenters. The molecular weight excluding hydrogens is 530 g/mol. The van der Waals surface area contributed by atoms with Crippen LogP contribution in [-0.4, -0.2) is 57.1 Å². The number of carboxylic acids is 1. The highest BCUT2D eigenvalue weighted by Gasteiger charge is 2.72. The molecule has 2 aromatic rings. The Morgan fingerprint density at radius 2 is 1.95 bits per heavy atom. The third-order valence-electron chi connectivity index (χ3n) is 5.70. The van der Waals surface area contributed by atoms with Crippen molar-refractivity contribution in [1.29, 1.82) is 5.26 Å². The van der Waals surface area contributed by atoms with Gasteiger partial charge in [0.25, 0.3) is 17.1 Å². The zero-order chi connectivity index (χ0) is 27.9. The molecule has 2 fully saturated rings.